The van der Waals surface area contributed by atoms with Crippen molar-refractivity contribution >= 4 is 11.8 Å². The highest BCUT2D eigenvalue weighted by molar-refractivity contribution is 7.99. The minimum atomic E-state index is 0.853. The average molecular weight is 230 g/mol. The van der Waals surface area contributed by atoms with Crippen LogP contribution in [0.15, 0.2) is 0 Å². The van der Waals surface area contributed by atoms with E-state index >= 15 is 0 Å². The Balaban J connectivity index is 1.83. The summed E-state index contributed by atoms with van der Waals surface area (Å²) in [6, 6.07) is 0. The summed E-state index contributed by atoms with van der Waals surface area (Å²) in [5, 5.41) is 3.54. The van der Waals surface area contributed by atoms with Crippen molar-refractivity contribution in [2.24, 2.45) is 5.92 Å². The zero-order valence-electron chi connectivity index (χ0n) is 10.3. The lowest BCUT2D eigenvalue weighted by atomic mass is 10.1. The van der Waals surface area contributed by atoms with Gasteiger partial charge in [-0.3, -0.25) is 0 Å². The zero-order chi connectivity index (χ0) is 10.9. The minimum Gasteiger partial charge on any atom is -0.315 e. The van der Waals surface area contributed by atoms with Crippen molar-refractivity contribution < 1.29 is 0 Å². The summed E-state index contributed by atoms with van der Waals surface area (Å²) in [4.78, 5) is 2.58. The van der Waals surface area contributed by atoms with Crippen molar-refractivity contribution in [3.05, 3.63) is 0 Å². The largest absolute Gasteiger partial charge is 0.315 e. The molecule has 0 unspecified atom stereocenters. The fourth-order valence-corrected chi connectivity index (χ4v) is 2.80. The molecule has 0 spiro atoms. The monoisotopic (exact) mass is 230 g/mol. The molecule has 0 aliphatic carbocycles. The third-order valence-corrected chi connectivity index (χ3v) is 3.79. The third kappa shape index (κ3) is 7.20. The molecule has 3 heteroatoms. The lowest BCUT2D eigenvalue weighted by Gasteiger charge is -2.26. The Morgan fingerprint density at radius 2 is 1.93 bits per heavy atom. The van der Waals surface area contributed by atoms with E-state index in [1.807, 2.05) is 0 Å². The molecular formula is C12H26N2S. The molecular weight excluding hydrogens is 204 g/mol. The first-order chi connectivity index (χ1) is 7.29. The highest BCUT2D eigenvalue weighted by atomic mass is 32.2. The molecule has 90 valence electrons. The SMILES string of the molecule is CC(C)CCCNCCN1CCSCC1. The van der Waals surface area contributed by atoms with Crippen molar-refractivity contribution in [3.8, 4) is 0 Å². The first kappa shape index (κ1) is 13.3. The molecule has 1 aliphatic heterocycles. The van der Waals surface area contributed by atoms with Crippen LogP contribution in [0, 0.1) is 5.92 Å². The van der Waals surface area contributed by atoms with Crippen molar-refractivity contribution in [2.45, 2.75) is 26.7 Å². The number of thioether (sulfide) groups is 1. The molecule has 0 radical (unpaired) electrons. The standard InChI is InChI=1S/C12H26N2S/c1-12(2)4-3-5-13-6-7-14-8-10-15-11-9-14/h12-13H,3-11H2,1-2H3. The van der Waals surface area contributed by atoms with E-state index in [1.165, 1.54) is 57.1 Å². The molecule has 1 saturated heterocycles. The normalized spacial score (nSPS) is 18.6. The first-order valence-corrected chi connectivity index (χ1v) is 7.45. The van der Waals surface area contributed by atoms with Crippen LogP contribution in [0.5, 0.6) is 0 Å². The van der Waals surface area contributed by atoms with Gasteiger partial charge in [0, 0.05) is 37.7 Å². The van der Waals surface area contributed by atoms with Crippen LogP contribution in [0.1, 0.15) is 26.7 Å². The second kappa shape index (κ2) is 8.43. The van der Waals surface area contributed by atoms with Gasteiger partial charge in [-0.1, -0.05) is 13.8 Å². The van der Waals surface area contributed by atoms with Gasteiger partial charge in [-0.25, -0.2) is 0 Å². The van der Waals surface area contributed by atoms with E-state index in [1.54, 1.807) is 0 Å². The molecule has 0 aromatic heterocycles. The van der Waals surface area contributed by atoms with Crippen molar-refractivity contribution in [2.75, 3.05) is 44.2 Å². The van der Waals surface area contributed by atoms with Gasteiger partial charge in [-0.2, -0.15) is 11.8 Å². The highest BCUT2D eigenvalue weighted by Gasteiger charge is 2.08. The van der Waals surface area contributed by atoms with Crippen molar-refractivity contribution in [1.82, 2.24) is 10.2 Å². The van der Waals surface area contributed by atoms with Crippen molar-refractivity contribution in [3.63, 3.8) is 0 Å². The molecule has 0 atom stereocenters. The lowest BCUT2D eigenvalue weighted by Crippen LogP contribution is -2.37. The summed E-state index contributed by atoms with van der Waals surface area (Å²) in [6.45, 7) is 10.8. The van der Waals surface area contributed by atoms with Crippen LogP contribution >= 0.6 is 11.8 Å². The van der Waals surface area contributed by atoms with Crippen LogP contribution in [0.3, 0.4) is 0 Å². The maximum atomic E-state index is 3.54. The summed E-state index contributed by atoms with van der Waals surface area (Å²) >= 11 is 2.09. The minimum absolute atomic E-state index is 0.853. The van der Waals surface area contributed by atoms with Gasteiger partial charge in [0.2, 0.25) is 0 Å². The number of hydrogen-bond acceptors (Lipinski definition) is 3. The average Bonchev–Trinajstić information content (AvgIpc) is 2.24. The van der Waals surface area contributed by atoms with E-state index in [4.69, 9.17) is 0 Å². The van der Waals surface area contributed by atoms with Gasteiger partial charge in [-0.05, 0) is 25.3 Å². The second-order valence-electron chi connectivity index (χ2n) is 4.74. The fraction of sp³-hybridized carbons (Fsp3) is 1.00. The van der Waals surface area contributed by atoms with Gasteiger partial charge in [0.05, 0.1) is 0 Å². The van der Waals surface area contributed by atoms with Crippen LogP contribution in [0.25, 0.3) is 0 Å². The summed E-state index contributed by atoms with van der Waals surface area (Å²) in [5.74, 6) is 3.51. The maximum absolute atomic E-state index is 3.54. The van der Waals surface area contributed by atoms with Gasteiger partial charge in [0.25, 0.3) is 0 Å². The Bertz CT molecular complexity index is 145. The number of nitrogens with one attached hydrogen (secondary N) is 1. The third-order valence-electron chi connectivity index (χ3n) is 2.84. The smallest absolute Gasteiger partial charge is 0.0107 e. The van der Waals surface area contributed by atoms with Gasteiger partial charge >= 0.3 is 0 Å². The first-order valence-electron chi connectivity index (χ1n) is 6.30. The quantitative estimate of drug-likeness (QED) is 0.674. The highest BCUT2D eigenvalue weighted by Crippen LogP contribution is 2.07. The Kier molecular flexibility index (Phi) is 7.49. The maximum Gasteiger partial charge on any atom is 0.0107 e. The zero-order valence-corrected chi connectivity index (χ0v) is 11.1. The van der Waals surface area contributed by atoms with E-state index in [0.717, 1.165) is 5.92 Å². The number of rotatable bonds is 7. The van der Waals surface area contributed by atoms with Crippen LogP contribution in [0.4, 0.5) is 0 Å². The molecule has 2 nitrogen and oxygen atoms in total. The summed E-state index contributed by atoms with van der Waals surface area (Å²) in [5.41, 5.74) is 0. The van der Waals surface area contributed by atoms with E-state index in [9.17, 15) is 0 Å². The van der Waals surface area contributed by atoms with Crippen LogP contribution in [-0.2, 0) is 0 Å². The molecule has 15 heavy (non-hydrogen) atoms. The Morgan fingerprint density at radius 3 is 2.60 bits per heavy atom. The predicted octanol–water partition coefficient (Wildman–Crippen LogP) is 2.06. The van der Waals surface area contributed by atoms with Crippen LogP contribution < -0.4 is 5.32 Å². The summed E-state index contributed by atoms with van der Waals surface area (Å²) in [6.07, 6.45) is 2.68. The molecule has 0 amide bonds. The van der Waals surface area contributed by atoms with Crippen LogP contribution in [0.2, 0.25) is 0 Å². The van der Waals surface area contributed by atoms with Gasteiger partial charge in [0.1, 0.15) is 0 Å². The van der Waals surface area contributed by atoms with E-state index in [2.05, 4.69) is 35.8 Å². The molecule has 0 saturated carbocycles. The van der Waals surface area contributed by atoms with E-state index in [-0.39, 0.29) is 0 Å². The summed E-state index contributed by atoms with van der Waals surface area (Å²) in [7, 11) is 0. The van der Waals surface area contributed by atoms with Gasteiger partial charge < -0.3 is 10.2 Å². The number of nitrogens with zero attached hydrogens (tertiary/aromatic N) is 1. The molecule has 1 heterocycles. The van der Waals surface area contributed by atoms with E-state index < -0.39 is 0 Å². The van der Waals surface area contributed by atoms with Crippen LogP contribution in [-0.4, -0.2) is 49.1 Å². The van der Waals surface area contributed by atoms with Crippen molar-refractivity contribution in [1.29, 1.82) is 0 Å². The second-order valence-corrected chi connectivity index (χ2v) is 5.96. The number of hydrogen-bond donors (Lipinski definition) is 1. The lowest BCUT2D eigenvalue weighted by molar-refractivity contribution is 0.300. The van der Waals surface area contributed by atoms with Gasteiger partial charge in [0.15, 0.2) is 0 Å². The molecule has 1 fully saturated rings. The Hall–Kier alpha value is 0.270. The molecule has 0 bridgehead atoms. The van der Waals surface area contributed by atoms with Gasteiger partial charge in [-0.15, -0.1) is 0 Å². The summed E-state index contributed by atoms with van der Waals surface area (Å²) < 4.78 is 0. The van der Waals surface area contributed by atoms with E-state index in [0.29, 0.717) is 0 Å². The Labute approximate surface area is 99.2 Å². The molecule has 1 N–H and O–H groups in total. The Morgan fingerprint density at radius 1 is 1.20 bits per heavy atom. The molecule has 0 aromatic carbocycles. The molecule has 1 aliphatic rings. The fourth-order valence-electron chi connectivity index (χ4n) is 1.82. The molecule has 0 aromatic rings. The predicted molar refractivity (Wildman–Crippen MR) is 70.7 cm³/mol. The topological polar surface area (TPSA) is 15.3 Å². The molecule has 1 rings (SSSR count).